The molecule has 1 saturated carbocycles. The Morgan fingerprint density at radius 3 is 3.11 bits per heavy atom. The molecule has 1 aliphatic carbocycles. The molecule has 0 spiro atoms. The maximum absolute atomic E-state index is 4.23. The summed E-state index contributed by atoms with van der Waals surface area (Å²) in [5.41, 5.74) is 0.975. The van der Waals surface area contributed by atoms with Crippen LogP contribution >= 0.6 is 0 Å². The number of aromatic nitrogens is 6. The van der Waals surface area contributed by atoms with Crippen molar-refractivity contribution in [3.8, 4) is 0 Å². The summed E-state index contributed by atoms with van der Waals surface area (Å²) in [4.78, 5) is 4.23. The van der Waals surface area contributed by atoms with Crippen LogP contribution in [0.5, 0.6) is 0 Å². The van der Waals surface area contributed by atoms with Gasteiger partial charge in [-0.2, -0.15) is 5.10 Å². The minimum Gasteiger partial charge on any atom is -0.311 e. The number of hydrogen-bond donors (Lipinski definition) is 1. The summed E-state index contributed by atoms with van der Waals surface area (Å²) in [5, 5.41) is 15.8. The molecule has 7 heteroatoms. The lowest BCUT2D eigenvalue weighted by atomic mass is 10.4. The summed E-state index contributed by atoms with van der Waals surface area (Å²) >= 11 is 0. The zero-order valence-corrected chi connectivity index (χ0v) is 11.2. The molecule has 2 aromatic heterocycles. The van der Waals surface area contributed by atoms with Crippen LogP contribution in [0.2, 0.25) is 0 Å². The molecule has 0 aromatic carbocycles. The number of rotatable bonds is 7. The normalized spacial score (nSPS) is 15.0. The van der Waals surface area contributed by atoms with Gasteiger partial charge in [-0.05, 0) is 32.2 Å². The van der Waals surface area contributed by atoms with Gasteiger partial charge >= 0.3 is 0 Å². The highest BCUT2D eigenvalue weighted by atomic mass is 15.4. The summed E-state index contributed by atoms with van der Waals surface area (Å²) in [6.45, 7) is 5.37. The zero-order chi connectivity index (χ0) is 13.1. The average molecular weight is 261 g/mol. The molecule has 1 fully saturated rings. The van der Waals surface area contributed by atoms with Crippen LogP contribution in [0.15, 0.2) is 12.5 Å². The minimum atomic E-state index is 0.615. The van der Waals surface area contributed by atoms with E-state index >= 15 is 0 Å². The molecule has 0 unspecified atom stereocenters. The van der Waals surface area contributed by atoms with Crippen LogP contribution in [0.4, 0.5) is 0 Å². The monoisotopic (exact) mass is 261 g/mol. The predicted molar refractivity (Wildman–Crippen MR) is 69.3 cm³/mol. The van der Waals surface area contributed by atoms with Crippen LogP contribution < -0.4 is 5.32 Å². The van der Waals surface area contributed by atoms with Gasteiger partial charge in [0, 0.05) is 13.1 Å². The molecule has 0 aliphatic heterocycles. The smallest absolute Gasteiger partial charge is 0.148 e. The van der Waals surface area contributed by atoms with Crippen molar-refractivity contribution in [2.45, 2.75) is 39.4 Å². The molecule has 7 nitrogen and oxygen atoms in total. The van der Waals surface area contributed by atoms with Crippen molar-refractivity contribution in [2.24, 2.45) is 5.92 Å². The number of nitrogens with zero attached hydrogens (tertiary/aromatic N) is 6. The summed E-state index contributed by atoms with van der Waals surface area (Å²) in [6, 6.07) is 0. The Kier molecular flexibility index (Phi) is 3.54. The van der Waals surface area contributed by atoms with Gasteiger partial charge in [-0.15, -0.1) is 5.10 Å². The van der Waals surface area contributed by atoms with Crippen LogP contribution in [0.3, 0.4) is 0 Å². The molecule has 19 heavy (non-hydrogen) atoms. The lowest BCUT2D eigenvalue weighted by molar-refractivity contribution is 0.557. The summed E-state index contributed by atoms with van der Waals surface area (Å²) in [6.07, 6.45) is 6.28. The standard InChI is InChI=1S/C12H19N7/c1-2-19-12(14-9-15-19)8-18-7-11(16-17-18)6-13-5-10-3-4-10/h7,9-10,13H,2-6,8H2,1H3. The fourth-order valence-electron chi connectivity index (χ4n) is 2.04. The minimum absolute atomic E-state index is 0.615. The van der Waals surface area contributed by atoms with Crippen molar-refractivity contribution in [3.63, 3.8) is 0 Å². The zero-order valence-electron chi connectivity index (χ0n) is 11.2. The first-order valence-corrected chi connectivity index (χ1v) is 6.81. The van der Waals surface area contributed by atoms with Crippen LogP contribution in [0.1, 0.15) is 31.3 Å². The van der Waals surface area contributed by atoms with Crippen molar-refractivity contribution in [3.05, 3.63) is 24.0 Å². The van der Waals surface area contributed by atoms with Gasteiger partial charge in [0.1, 0.15) is 18.7 Å². The first-order chi connectivity index (χ1) is 9.35. The van der Waals surface area contributed by atoms with Crippen LogP contribution in [-0.4, -0.2) is 36.3 Å². The van der Waals surface area contributed by atoms with E-state index in [1.807, 2.05) is 22.5 Å². The van der Waals surface area contributed by atoms with E-state index in [4.69, 9.17) is 0 Å². The third-order valence-electron chi connectivity index (χ3n) is 3.32. The lowest BCUT2D eigenvalue weighted by Gasteiger charge is -2.02. The van der Waals surface area contributed by atoms with Gasteiger partial charge in [0.15, 0.2) is 0 Å². The van der Waals surface area contributed by atoms with Gasteiger partial charge < -0.3 is 5.32 Å². The molecule has 0 atom stereocenters. The van der Waals surface area contributed by atoms with Gasteiger partial charge in [0.05, 0.1) is 11.9 Å². The van der Waals surface area contributed by atoms with Crippen LogP contribution in [0.25, 0.3) is 0 Å². The topological polar surface area (TPSA) is 73.5 Å². The number of hydrogen-bond acceptors (Lipinski definition) is 5. The molecule has 2 aromatic rings. The Bertz CT molecular complexity index is 526. The lowest BCUT2D eigenvalue weighted by Crippen LogP contribution is -2.16. The Balaban J connectivity index is 1.54. The fourth-order valence-corrected chi connectivity index (χ4v) is 2.04. The molecule has 0 bridgehead atoms. The largest absolute Gasteiger partial charge is 0.311 e. The molecule has 1 N–H and O–H groups in total. The van der Waals surface area contributed by atoms with Gasteiger partial charge in [-0.1, -0.05) is 5.21 Å². The first kappa shape index (κ1) is 12.3. The first-order valence-electron chi connectivity index (χ1n) is 6.81. The molecular formula is C12H19N7. The maximum Gasteiger partial charge on any atom is 0.148 e. The summed E-state index contributed by atoms with van der Waals surface area (Å²) in [7, 11) is 0. The van der Waals surface area contributed by atoms with Gasteiger partial charge in [-0.3, -0.25) is 0 Å². The van der Waals surface area contributed by atoms with E-state index < -0.39 is 0 Å². The third-order valence-corrected chi connectivity index (χ3v) is 3.32. The molecule has 0 radical (unpaired) electrons. The highest BCUT2D eigenvalue weighted by molar-refractivity contribution is 4.94. The maximum atomic E-state index is 4.23. The highest BCUT2D eigenvalue weighted by Crippen LogP contribution is 2.27. The van der Waals surface area contributed by atoms with Gasteiger partial charge in [0.25, 0.3) is 0 Å². The molecular weight excluding hydrogens is 242 g/mol. The Morgan fingerprint density at radius 2 is 2.32 bits per heavy atom. The third kappa shape index (κ3) is 3.17. The second kappa shape index (κ2) is 5.48. The highest BCUT2D eigenvalue weighted by Gasteiger charge is 2.20. The molecule has 0 saturated heterocycles. The quantitative estimate of drug-likeness (QED) is 0.782. The van der Waals surface area contributed by atoms with Crippen molar-refractivity contribution in [1.29, 1.82) is 0 Å². The fraction of sp³-hybridized carbons (Fsp3) is 0.667. The van der Waals surface area contributed by atoms with E-state index in [-0.39, 0.29) is 0 Å². The van der Waals surface area contributed by atoms with E-state index in [0.29, 0.717) is 6.54 Å². The van der Waals surface area contributed by atoms with Crippen molar-refractivity contribution in [2.75, 3.05) is 6.54 Å². The van der Waals surface area contributed by atoms with Crippen molar-refractivity contribution in [1.82, 2.24) is 35.1 Å². The van der Waals surface area contributed by atoms with Gasteiger partial charge in [-0.25, -0.2) is 14.3 Å². The SMILES string of the molecule is CCn1ncnc1Cn1cc(CNCC2CC2)nn1. The van der Waals surface area contributed by atoms with E-state index in [0.717, 1.165) is 37.1 Å². The molecule has 1 aliphatic rings. The molecule has 2 heterocycles. The molecule has 102 valence electrons. The van der Waals surface area contributed by atoms with E-state index in [2.05, 4.69) is 25.7 Å². The summed E-state index contributed by atoms with van der Waals surface area (Å²) < 4.78 is 3.68. The van der Waals surface area contributed by atoms with E-state index in [9.17, 15) is 0 Å². The number of aryl methyl sites for hydroxylation is 1. The number of nitrogens with one attached hydrogen (secondary N) is 1. The summed E-state index contributed by atoms with van der Waals surface area (Å²) in [5.74, 6) is 1.79. The Labute approximate surface area is 112 Å². The van der Waals surface area contributed by atoms with Crippen LogP contribution in [-0.2, 0) is 19.6 Å². The van der Waals surface area contributed by atoms with Crippen molar-refractivity contribution >= 4 is 0 Å². The van der Waals surface area contributed by atoms with Crippen LogP contribution in [0, 0.1) is 5.92 Å². The molecule has 3 rings (SSSR count). The van der Waals surface area contributed by atoms with E-state index in [1.165, 1.54) is 12.8 Å². The van der Waals surface area contributed by atoms with Gasteiger partial charge in [0.2, 0.25) is 0 Å². The predicted octanol–water partition coefficient (Wildman–Crippen LogP) is 0.437. The second-order valence-electron chi connectivity index (χ2n) is 4.97. The second-order valence-corrected chi connectivity index (χ2v) is 4.97. The Morgan fingerprint density at radius 1 is 1.42 bits per heavy atom. The Hall–Kier alpha value is -1.76. The van der Waals surface area contributed by atoms with Crippen molar-refractivity contribution < 1.29 is 0 Å². The van der Waals surface area contributed by atoms with E-state index in [1.54, 1.807) is 6.33 Å². The molecule has 0 amide bonds. The average Bonchev–Trinajstić information content (AvgIpc) is 2.96.